The third-order valence-corrected chi connectivity index (χ3v) is 6.08. The van der Waals surface area contributed by atoms with E-state index in [1.54, 1.807) is 42.6 Å². The fourth-order valence-corrected chi connectivity index (χ4v) is 3.77. The van der Waals surface area contributed by atoms with Gasteiger partial charge in [-0.3, -0.25) is 4.79 Å². The van der Waals surface area contributed by atoms with Crippen molar-refractivity contribution in [3.8, 4) is 5.69 Å². The molecular weight excluding hydrogens is 434 g/mol. The molecule has 1 heterocycles. The molecule has 0 saturated carbocycles. The molecule has 0 spiro atoms. The third kappa shape index (κ3) is 4.41. The summed E-state index contributed by atoms with van der Waals surface area (Å²) in [6, 6.07) is 13.3. The lowest BCUT2D eigenvalue weighted by Gasteiger charge is -2.17. The van der Waals surface area contributed by atoms with E-state index in [2.05, 4.69) is 31.6 Å². The number of nitrogens with one attached hydrogen (secondary N) is 1. The number of halogens is 1. The Bertz CT molecular complexity index is 1040. The van der Waals surface area contributed by atoms with Crippen LogP contribution in [0.15, 0.2) is 70.3 Å². The second-order valence-electron chi connectivity index (χ2n) is 5.63. The van der Waals surface area contributed by atoms with E-state index in [0.29, 0.717) is 11.4 Å². The smallest absolute Gasteiger partial charge is 0.243 e. The number of likely N-dealkylation sites (N-methyl/N-ethyl adjacent to an activating group) is 1. The summed E-state index contributed by atoms with van der Waals surface area (Å²) in [7, 11) is -2.41. The van der Waals surface area contributed by atoms with E-state index in [1.165, 1.54) is 30.1 Å². The van der Waals surface area contributed by atoms with Crippen molar-refractivity contribution in [2.45, 2.75) is 4.90 Å². The van der Waals surface area contributed by atoms with Crippen molar-refractivity contribution in [3.63, 3.8) is 0 Å². The van der Waals surface area contributed by atoms with Gasteiger partial charge in [-0.25, -0.2) is 13.1 Å². The van der Waals surface area contributed by atoms with Gasteiger partial charge in [-0.15, -0.1) is 5.10 Å². The second-order valence-corrected chi connectivity index (χ2v) is 8.59. The van der Waals surface area contributed by atoms with Gasteiger partial charge in [0.2, 0.25) is 15.9 Å². The van der Waals surface area contributed by atoms with Crippen LogP contribution in [0.2, 0.25) is 0 Å². The highest BCUT2D eigenvalue weighted by Crippen LogP contribution is 2.20. The highest BCUT2D eigenvalue weighted by Gasteiger charge is 2.23. The Kier molecular flexibility index (Phi) is 5.68. The van der Waals surface area contributed by atoms with Crippen LogP contribution in [0.1, 0.15) is 0 Å². The van der Waals surface area contributed by atoms with Gasteiger partial charge < -0.3 is 5.32 Å². The van der Waals surface area contributed by atoms with Crippen molar-refractivity contribution >= 4 is 37.5 Å². The van der Waals surface area contributed by atoms with Crippen LogP contribution in [0, 0.1) is 0 Å². The topological polar surface area (TPSA) is 97.2 Å². The average Bonchev–Trinajstić information content (AvgIpc) is 3.17. The molecule has 10 heteroatoms. The molecule has 0 aliphatic rings. The maximum absolute atomic E-state index is 12.6. The maximum atomic E-state index is 12.6. The predicted molar refractivity (Wildman–Crippen MR) is 104 cm³/mol. The molecule has 0 saturated heterocycles. The monoisotopic (exact) mass is 449 g/mol. The molecule has 0 aliphatic heterocycles. The number of sulfonamides is 1. The lowest BCUT2D eigenvalue weighted by Crippen LogP contribution is -2.35. The van der Waals surface area contributed by atoms with Gasteiger partial charge in [0.05, 0.1) is 35.2 Å². The molecule has 0 atom stereocenters. The zero-order valence-corrected chi connectivity index (χ0v) is 16.7. The van der Waals surface area contributed by atoms with Crippen molar-refractivity contribution in [1.29, 1.82) is 0 Å². The molecule has 0 fully saturated rings. The number of carbonyl (C=O) groups excluding carboxylic acids is 1. The molecule has 0 aliphatic carbocycles. The molecule has 0 radical (unpaired) electrons. The van der Waals surface area contributed by atoms with Crippen molar-refractivity contribution in [3.05, 3.63) is 65.4 Å². The number of nitrogens with zero attached hydrogens (tertiary/aromatic N) is 4. The number of benzene rings is 2. The Morgan fingerprint density at radius 1 is 1.19 bits per heavy atom. The van der Waals surface area contributed by atoms with E-state index in [9.17, 15) is 13.2 Å². The van der Waals surface area contributed by atoms with Crippen LogP contribution in [0.3, 0.4) is 0 Å². The van der Waals surface area contributed by atoms with E-state index >= 15 is 0 Å². The molecule has 3 aromatic rings. The minimum atomic E-state index is -3.77. The maximum Gasteiger partial charge on any atom is 0.243 e. The summed E-state index contributed by atoms with van der Waals surface area (Å²) in [5.41, 5.74) is 1.13. The summed E-state index contributed by atoms with van der Waals surface area (Å²) in [4.78, 5) is 12.5. The van der Waals surface area contributed by atoms with Crippen molar-refractivity contribution in [2.24, 2.45) is 0 Å². The lowest BCUT2D eigenvalue weighted by molar-refractivity contribution is -0.116. The van der Waals surface area contributed by atoms with Crippen LogP contribution in [0.25, 0.3) is 5.69 Å². The second kappa shape index (κ2) is 7.99. The van der Waals surface area contributed by atoms with Gasteiger partial charge in [0.1, 0.15) is 0 Å². The SMILES string of the molecule is CN(CC(=O)Nc1ccccc1-n1ccnn1)S(=O)(=O)c1ccc(Br)cc1. The molecule has 1 aromatic heterocycles. The summed E-state index contributed by atoms with van der Waals surface area (Å²) in [6.45, 7) is -0.329. The summed E-state index contributed by atoms with van der Waals surface area (Å²) in [5.74, 6) is -0.467. The Morgan fingerprint density at radius 3 is 2.56 bits per heavy atom. The number of aromatic nitrogens is 3. The zero-order valence-electron chi connectivity index (χ0n) is 14.3. The fourth-order valence-electron chi connectivity index (χ4n) is 2.38. The number of rotatable bonds is 6. The summed E-state index contributed by atoms with van der Waals surface area (Å²) in [6.07, 6.45) is 3.17. The quantitative estimate of drug-likeness (QED) is 0.622. The lowest BCUT2D eigenvalue weighted by atomic mass is 10.2. The minimum Gasteiger partial charge on any atom is -0.323 e. The minimum absolute atomic E-state index is 0.115. The van der Waals surface area contributed by atoms with Gasteiger partial charge in [-0.05, 0) is 36.4 Å². The third-order valence-electron chi connectivity index (χ3n) is 3.74. The molecule has 140 valence electrons. The van der Waals surface area contributed by atoms with E-state index in [0.717, 1.165) is 8.78 Å². The van der Waals surface area contributed by atoms with Gasteiger partial charge in [-0.2, -0.15) is 4.31 Å². The first-order valence-corrected chi connectivity index (χ1v) is 10.1. The number of carbonyl (C=O) groups is 1. The Labute approximate surface area is 165 Å². The van der Waals surface area contributed by atoms with Crippen LogP contribution in [-0.4, -0.2) is 47.2 Å². The van der Waals surface area contributed by atoms with Crippen molar-refractivity contribution in [1.82, 2.24) is 19.3 Å². The zero-order chi connectivity index (χ0) is 19.4. The Hall–Kier alpha value is -2.56. The number of hydrogen-bond acceptors (Lipinski definition) is 5. The normalized spacial score (nSPS) is 11.5. The van der Waals surface area contributed by atoms with Crippen molar-refractivity contribution in [2.75, 3.05) is 18.9 Å². The van der Waals surface area contributed by atoms with E-state index < -0.39 is 15.9 Å². The highest BCUT2D eigenvalue weighted by atomic mass is 79.9. The Balaban J connectivity index is 1.74. The summed E-state index contributed by atoms with van der Waals surface area (Å²) < 4.78 is 28.5. The van der Waals surface area contributed by atoms with Gasteiger partial charge >= 0.3 is 0 Å². The molecule has 3 rings (SSSR count). The first-order chi connectivity index (χ1) is 12.9. The highest BCUT2D eigenvalue weighted by molar-refractivity contribution is 9.10. The molecule has 1 N–H and O–H groups in total. The standard InChI is InChI=1S/C17H16BrN5O3S/c1-22(27(25,26)14-8-6-13(18)7-9-14)12-17(24)20-15-4-2-3-5-16(15)23-11-10-19-21-23/h2-11H,12H2,1H3,(H,20,24). The van der Waals surface area contributed by atoms with Crippen LogP contribution in [0.4, 0.5) is 5.69 Å². The van der Waals surface area contributed by atoms with E-state index in [1.807, 2.05) is 0 Å². The van der Waals surface area contributed by atoms with Crippen LogP contribution >= 0.6 is 15.9 Å². The number of anilines is 1. The molecule has 8 nitrogen and oxygen atoms in total. The van der Waals surface area contributed by atoms with Gasteiger partial charge in [0, 0.05) is 11.5 Å². The van der Waals surface area contributed by atoms with E-state index in [-0.39, 0.29) is 11.4 Å². The van der Waals surface area contributed by atoms with Crippen LogP contribution < -0.4 is 5.32 Å². The van der Waals surface area contributed by atoms with Crippen molar-refractivity contribution < 1.29 is 13.2 Å². The first kappa shape index (κ1) is 19.2. The summed E-state index contributed by atoms with van der Waals surface area (Å²) >= 11 is 3.27. The summed E-state index contributed by atoms with van der Waals surface area (Å²) in [5, 5.41) is 10.4. The molecular formula is C17H16BrN5O3S. The van der Waals surface area contributed by atoms with Gasteiger partial charge in [0.25, 0.3) is 0 Å². The fraction of sp³-hybridized carbons (Fsp3) is 0.118. The largest absolute Gasteiger partial charge is 0.323 e. The average molecular weight is 450 g/mol. The van der Waals surface area contributed by atoms with Crippen LogP contribution in [0.5, 0.6) is 0 Å². The molecule has 1 amide bonds. The Morgan fingerprint density at radius 2 is 1.89 bits per heavy atom. The van der Waals surface area contributed by atoms with Gasteiger partial charge in [-0.1, -0.05) is 33.3 Å². The molecule has 27 heavy (non-hydrogen) atoms. The predicted octanol–water partition coefficient (Wildman–Crippen LogP) is 2.29. The number of hydrogen-bond donors (Lipinski definition) is 1. The number of para-hydroxylation sites is 2. The van der Waals surface area contributed by atoms with Gasteiger partial charge in [0.15, 0.2) is 0 Å². The van der Waals surface area contributed by atoms with E-state index in [4.69, 9.17) is 0 Å². The number of amides is 1. The first-order valence-electron chi connectivity index (χ1n) is 7.85. The molecule has 0 bridgehead atoms. The molecule has 0 unspecified atom stereocenters. The van der Waals surface area contributed by atoms with Crippen LogP contribution in [-0.2, 0) is 14.8 Å². The molecule has 2 aromatic carbocycles.